The van der Waals surface area contributed by atoms with E-state index in [2.05, 4.69) is 45.2 Å². The van der Waals surface area contributed by atoms with Crippen LogP contribution in [0.2, 0.25) is 0 Å². The lowest BCUT2D eigenvalue weighted by molar-refractivity contribution is -0.126. The minimum Gasteiger partial charge on any atom is -0.446 e. The van der Waals surface area contributed by atoms with Crippen LogP contribution in [0, 0.1) is 40.4 Å². The summed E-state index contributed by atoms with van der Waals surface area (Å²) in [5.41, 5.74) is 1.07. The van der Waals surface area contributed by atoms with Crippen LogP contribution in [0.15, 0.2) is 12.2 Å². The van der Waals surface area contributed by atoms with E-state index in [4.69, 9.17) is 4.74 Å². The van der Waals surface area contributed by atoms with Crippen LogP contribution in [0.3, 0.4) is 0 Å². The van der Waals surface area contributed by atoms with Crippen molar-refractivity contribution < 1.29 is 9.53 Å². The molecule has 3 heteroatoms. The SMILES string of the molecule is CCCCCCCCC=CCCCCCCCCNC(=O)O[C@@H]1CC[C@@]2(C)C(CCC3C2CC[C@@]2(C)C3CC[C@@H]2C)C1. The number of allylic oxidation sites excluding steroid dienone is 2. The molecule has 0 saturated heterocycles. The highest BCUT2D eigenvalue weighted by Crippen LogP contribution is 2.67. The van der Waals surface area contributed by atoms with E-state index in [1.807, 2.05) is 0 Å². The molecule has 4 rings (SSSR count). The predicted molar refractivity (Wildman–Crippen MR) is 179 cm³/mol. The third kappa shape index (κ3) is 8.80. The van der Waals surface area contributed by atoms with E-state index in [-0.39, 0.29) is 12.2 Å². The maximum Gasteiger partial charge on any atom is 0.407 e. The lowest BCUT2D eigenvalue weighted by Gasteiger charge is -2.61. The topological polar surface area (TPSA) is 38.3 Å². The summed E-state index contributed by atoms with van der Waals surface area (Å²) in [4.78, 5) is 12.6. The molecule has 0 radical (unpaired) electrons. The van der Waals surface area contributed by atoms with Crippen molar-refractivity contribution in [2.45, 2.75) is 181 Å². The van der Waals surface area contributed by atoms with Crippen molar-refractivity contribution in [3.63, 3.8) is 0 Å². The Kier molecular flexibility index (Phi) is 13.6. The van der Waals surface area contributed by atoms with Crippen molar-refractivity contribution >= 4 is 6.09 Å². The fraction of sp³-hybridized carbons (Fsp3) is 0.923. The molecular formula is C39H69NO2. The Labute approximate surface area is 261 Å². The number of amides is 1. The molecule has 8 atom stereocenters. The first kappa shape index (κ1) is 33.9. The van der Waals surface area contributed by atoms with Crippen molar-refractivity contribution in [2.24, 2.45) is 40.4 Å². The molecule has 4 aliphatic carbocycles. The van der Waals surface area contributed by atoms with E-state index in [0.29, 0.717) is 10.8 Å². The van der Waals surface area contributed by atoms with Gasteiger partial charge in [-0.05, 0) is 130 Å². The molecular weight excluding hydrogens is 514 g/mol. The first-order chi connectivity index (χ1) is 20.4. The fourth-order valence-electron chi connectivity index (χ4n) is 10.3. The van der Waals surface area contributed by atoms with Gasteiger partial charge < -0.3 is 10.1 Å². The van der Waals surface area contributed by atoms with Crippen LogP contribution in [-0.4, -0.2) is 18.7 Å². The van der Waals surface area contributed by atoms with Crippen molar-refractivity contribution in [2.75, 3.05) is 6.54 Å². The molecule has 0 spiro atoms. The van der Waals surface area contributed by atoms with Gasteiger partial charge in [0.15, 0.2) is 0 Å². The van der Waals surface area contributed by atoms with Crippen LogP contribution < -0.4 is 5.32 Å². The second kappa shape index (κ2) is 16.9. The first-order valence-corrected chi connectivity index (χ1v) is 19.0. The van der Waals surface area contributed by atoms with Crippen LogP contribution in [-0.2, 0) is 4.74 Å². The second-order valence-corrected chi connectivity index (χ2v) is 15.8. The van der Waals surface area contributed by atoms with Crippen molar-refractivity contribution in [3.8, 4) is 0 Å². The number of ether oxygens (including phenoxy) is 1. The number of hydrogen-bond acceptors (Lipinski definition) is 2. The molecule has 0 aliphatic heterocycles. The van der Waals surface area contributed by atoms with Gasteiger partial charge in [0.25, 0.3) is 0 Å². The van der Waals surface area contributed by atoms with Gasteiger partial charge in [-0.25, -0.2) is 4.79 Å². The van der Waals surface area contributed by atoms with Crippen LogP contribution in [0.1, 0.15) is 175 Å². The summed E-state index contributed by atoms with van der Waals surface area (Å²) in [5, 5.41) is 3.07. The van der Waals surface area contributed by atoms with E-state index in [1.165, 1.54) is 128 Å². The van der Waals surface area contributed by atoms with Crippen molar-refractivity contribution in [3.05, 3.63) is 12.2 Å². The molecule has 0 aromatic heterocycles. The zero-order chi connectivity index (χ0) is 29.8. The highest BCUT2D eigenvalue weighted by atomic mass is 16.6. The number of carbonyl (C=O) groups is 1. The summed E-state index contributed by atoms with van der Waals surface area (Å²) < 4.78 is 5.99. The Morgan fingerprint density at radius 1 is 0.738 bits per heavy atom. The second-order valence-electron chi connectivity index (χ2n) is 15.8. The largest absolute Gasteiger partial charge is 0.446 e. The smallest absolute Gasteiger partial charge is 0.407 e. The molecule has 42 heavy (non-hydrogen) atoms. The molecule has 4 saturated carbocycles. The average molecular weight is 584 g/mol. The van der Waals surface area contributed by atoms with E-state index in [1.54, 1.807) is 0 Å². The van der Waals surface area contributed by atoms with Crippen molar-refractivity contribution in [1.82, 2.24) is 5.32 Å². The summed E-state index contributed by atoms with van der Waals surface area (Å²) in [6.07, 6.45) is 35.1. The Balaban J connectivity index is 1.01. The van der Waals surface area contributed by atoms with Gasteiger partial charge in [0.05, 0.1) is 0 Å². The maximum absolute atomic E-state index is 12.6. The maximum atomic E-state index is 12.6. The first-order valence-electron chi connectivity index (χ1n) is 19.0. The summed E-state index contributed by atoms with van der Waals surface area (Å²) in [7, 11) is 0. The van der Waals surface area contributed by atoms with Gasteiger partial charge in [-0.1, -0.05) is 97.6 Å². The van der Waals surface area contributed by atoms with Gasteiger partial charge in [-0.15, -0.1) is 0 Å². The van der Waals surface area contributed by atoms with Gasteiger partial charge >= 0.3 is 6.09 Å². The molecule has 4 unspecified atom stereocenters. The number of nitrogens with one attached hydrogen (secondary N) is 1. The zero-order valence-electron chi connectivity index (χ0n) is 28.4. The lowest BCUT2D eigenvalue weighted by Crippen LogP contribution is -2.54. The normalized spacial score (nSPS) is 35.9. The van der Waals surface area contributed by atoms with E-state index < -0.39 is 0 Å². The van der Waals surface area contributed by atoms with Gasteiger partial charge in [0.2, 0.25) is 0 Å². The average Bonchev–Trinajstić information content (AvgIpc) is 3.29. The number of fused-ring (bicyclic) bond motifs is 5. The molecule has 0 heterocycles. The number of rotatable bonds is 17. The highest BCUT2D eigenvalue weighted by molar-refractivity contribution is 5.67. The Morgan fingerprint density at radius 3 is 2.07 bits per heavy atom. The quantitative estimate of drug-likeness (QED) is 0.137. The Morgan fingerprint density at radius 2 is 1.36 bits per heavy atom. The summed E-state index contributed by atoms with van der Waals surface area (Å²) in [6.45, 7) is 10.8. The molecule has 1 amide bonds. The van der Waals surface area contributed by atoms with Crippen LogP contribution in [0.4, 0.5) is 4.79 Å². The van der Waals surface area contributed by atoms with Crippen LogP contribution >= 0.6 is 0 Å². The number of alkyl carbamates (subject to hydrolysis) is 1. The molecule has 3 nitrogen and oxygen atoms in total. The standard InChI is InChI=1S/C39H69NO2/c1-5-6-7-8-9-10-11-12-13-14-15-16-17-18-19-20-29-40-37(41)42-33-25-27-39(4)32(30-33)22-23-34-35-24-21-31(2)38(35,3)28-26-36(34)39/h12-13,31-36H,5-11,14-30H2,1-4H3,(H,40,41)/t31-,32?,33+,34?,35?,36?,38+,39-/m0/s1. The van der Waals surface area contributed by atoms with Crippen molar-refractivity contribution in [1.29, 1.82) is 0 Å². The molecule has 242 valence electrons. The predicted octanol–water partition coefficient (Wildman–Crippen LogP) is 11.8. The Bertz CT molecular complexity index is 823. The third-order valence-electron chi connectivity index (χ3n) is 13.3. The monoisotopic (exact) mass is 584 g/mol. The molecule has 1 N–H and O–H groups in total. The van der Waals surface area contributed by atoms with E-state index in [9.17, 15) is 4.79 Å². The Hall–Kier alpha value is -0.990. The lowest BCUT2D eigenvalue weighted by atomic mass is 9.45. The number of unbranched alkanes of at least 4 members (excludes halogenated alkanes) is 12. The summed E-state index contributed by atoms with van der Waals surface area (Å²) in [6, 6.07) is 0. The number of hydrogen-bond donors (Lipinski definition) is 1. The van der Waals surface area contributed by atoms with Gasteiger partial charge in [-0.3, -0.25) is 0 Å². The summed E-state index contributed by atoms with van der Waals surface area (Å²) in [5.74, 6) is 4.47. The van der Waals surface area contributed by atoms with Gasteiger partial charge in [0, 0.05) is 6.54 Å². The minimum atomic E-state index is -0.168. The molecule has 0 bridgehead atoms. The minimum absolute atomic E-state index is 0.125. The van der Waals surface area contributed by atoms with Crippen LogP contribution in [0.5, 0.6) is 0 Å². The number of carbonyl (C=O) groups excluding carboxylic acids is 1. The van der Waals surface area contributed by atoms with Gasteiger partial charge in [0.1, 0.15) is 6.10 Å². The third-order valence-corrected chi connectivity index (χ3v) is 13.3. The molecule has 0 aromatic carbocycles. The molecule has 4 aliphatic rings. The summed E-state index contributed by atoms with van der Waals surface area (Å²) >= 11 is 0. The fourth-order valence-corrected chi connectivity index (χ4v) is 10.3. The van der Waals surface area contributed by atoms with E-state index in [0.717, 1.165) is 55.4 Å². The van der Waals surface area contributed by atoms with E-state index >= 15 is 0 Å². The zero-order valence-corrected chi connectivity index (χ0v) is 28.4. The highest BCUT2D eigenvalue weighted by Gasteiger charge is 2.59. The van der Waals surface area contributed by atoms with Gasteiger partial charge in [-0.2, -0.15) is 0 Å². The molecule has 4 fully saturated rings. The van der Waals surface area contributed by atoms with Crippen LogP contribution in [0.25, 0.3) is 0 Å². The molecule has 0 aromatic rings.